The Morgan fingerprint density at radius 1 is 1.47 bits per heavy atom. The minimum absolute atomic E-state index is 0.364. The number of H-pyrrole nitrogens is 1. The quantitative estimate of drug-likeness (QED) is 0.838. The number of hydrogen-bond donors (Lipinski definition) is 1. The molecule has 2 aromatic heterocycles. The summed E-state index contributed by atoms with van der Waals surface area (Å²) in [5.41, 5.74) is 0.987. The van der Waals surface area contributed by atoms with Crippen LogP contribution in [0, 0.1) is 0 Å². The highest BCUT2D eigenvalue weighted by atomic mass is 16.3. The summed E-state index contributed by atoms with van der Waals surface area (Å²) in [5, 5.41) is 7.13. The largest absolute Gasteiger partial charge is 0.469 e. The molecule has 0 radical (unpaired) electrons. The topological polar surface area (TPSA) is 54.7 Å². The van der Waals surface area contributed by atoms with Crippen molar-refractivity contribution in [2.24, 2.45) is 0 Å². The molecule has 0 unspecified atom stereocenters. The van der Waals surface area contributed by atoms with Crippen LogP contribution in [0.5, 0.6) is 0 Å². The molecule has 0 aliphatic carbocycles. The lowest BCUT2D eigenvalue weighted by atomic mass is 10.2. The zero-order valence-corrected chi connectivity index (χ0v) is 9.24. The minimum Gasteiger partial charge on any atom is -0.469 e. The van der Waals surface area contributed by atoms with Crippen molar-refractivity contribution in [3.05, 3.63) is 23.9 Å². The van der Waals surface area contributed by atoms with Crippen LogP contribution in [0.4, 0.5) is 0 Å². The highest BCUT2D eigenvalue weighted by molar-refractivity contribution is 5.56. The fourth-order valence-corrected chi connectivity index (χ4v) is 1.47. The summed E-state index contributed by atoms with van der Waals surface area (Å²) in [6.45, 7) is 6.22. The van der Waals surface area contributed by atoms with Gasteiger partial charge in [-0.2, -0.15) is 5.10 Å². The summed E-state index contributed by atoms with van der Waals surface area (Å²) in [4.78, 5) is 4.43. The average molecular weight is 205 g/mol. The van der Waals surface area contributed by atoms with E-state index >= 15 is 0 Å². The molecule has 2 heterocycles. The van der Waals surface area contributed by atoms with Gasteiger partial charge in [-0.15, -0.1) is 0 Å². The Morgan fingerprint density at radius 2 is 2.27 bits per heavy atom. The second kappa shape index (κ2) is 3.88. The van der Waals surface area contributed by atoms with E-state index in [0.717, 1.165) is 29.4 Å². The summed E-state index contributed by atoms with van der Waals surface area (Å²) in [5.74, 6) is 2.94. The third-order valence-electron chi connectivity index (χ3n) is 2.36. The van der Waals surface area contributed by atoms with E-state index < -0.39 is 0 Å². The van der Waals surface area contributed by atoms with Crippen molar-refractivity contribution in [1.82, 2.24) is 15.2 Å². The fourth-order valence-electron chi connectivity index (χ4n) is 1.47. The molecular formula is C11H15N3O. The SMILES string of the molecule is CCc1occc1-c1n[nH]c(C(C)C)n1. The van der Waals surface area contributed by atoms with Gasteiger partial charge < -0.3 is 4.42 Å². The van der Waals surface area contributed by atoms with Gasteiger partial charge in [-0.3, -0.25) is 5.10 Å². The van der Waals surface area contributed by atoms with Gasteiger partial charge in [-0.1, -0.05) is 20.8 Å². The normalized spacial score (nSPS) is 11.2. The van der Waals surface area contributed by atoms with Crippen LogP contribution in [0.2, 0.25) is 0 Å². The van der Waals surface area contributed by atoms with Crippen molar-refractivity contribution < 1.29 is 4.42 Å². The number of nitrogens with one attached hydrogen (secondary N) is 1. The Kier molecular flexibility index (Phi) is 2.58. The molecule has 0 saturated carbocycles. The van der Waals surface area contributed by atoms with Crippen LogP contribution >= 0.6 is 0 Å². The Morgan fingerprint density at radius 3 is 2.87 bits per heavy atom. The predicted octanol–water partition coefficient (Wildman–Crippen LogP) is 2.75. The Hall–Kier alpha value is -1.58. The number of furan rings is 1. The predicted molar refractivity (Wildman–Crippen MR) is 57.6 cm³/mol. The van der Waals surface area contributed by atoms with E-state index in [0.29, 0.717) is 5.92 Å². The van der Waals surface area contributed by atoms with E-state index in [9.17, 15) is 0 Å². The molecule has 4 nitrogen and oxygen atoms in total. The third-order valence-corrected chi connectivity index (χ3v) is 2.36. The van der Waals surface area contributed by atoms with E-state index in [-0.39, 0.29) is 0 Å². The zero-order valence-electron chi connectivity index (χ0n) is 9.24. The maximum Gasteiger partial charge on any atom is 0.184 e. The van der Waals surface area contributed by atoms with E-state index in [1.807, 2.05) is 6.07 Å². The number of hydrogen-bond acceptors (Lipinski definition) is 3. The van der Waals surface area contributed by atoms with Gasteiger partial charge in [-0.25, -0.2) is 4.98 Å². The molecule has 0 amide bonds. The van der Waals surface area contributed by atoms with E-state index in [2.05, 4.69) is 36.0 Å². The van der Waals surface area contributed by atoms with Crippen molar-refractivity contribution >= 4 is 0 Å². The van der Waals surface area contributed by atoms with Gasteiger partial charge in [-0.05, 0) is 6.07 Å². The number of aromatic amines is 1. The highest BCUT2D eigenvalue weighted by Crippen LogP contribution is 2.22. The minimum atomic E-state index is 0.364. The molecule has 80 valence electrons. The van der Waals surface area contributed by atoms with Crippen LogP contribution in [-0.4, -0.2) is 15.2 Å². The van der Waals surface area contributed by atoms with Gasteiger partial charge in [0, 0.05) is 12.3 Å². The summed E-state index contributed by atoms with van der Waals surface area (Å²) in [6.07, 6.45) is 2.54. The molecule has 2 aromatic rings. The molecule has 0 saturated heterocycles. The third kappa shape index (κ3) is 1.79. The molecule has 15 heavy (non-hydrogen) atoms. The lowest BCUT2D eigenvalue weighted by Crippen LogP contribution is -1.89. The van der Waals surface area contributed by atoms with E-state index in [1.165, 1.54) is 0 Å². The lowest BCUT2D eigenvalue weighted by molar-refractivity contribution is 0.517. The second-order valence-corrected chi connectivity index (χ2v) is 3.81. The smallest absolute Gasteiger partial charge is 0.184 e. The molecule has 0 aliphatic rings. The first kappa shape index (κ1) is 9.96. The number of rotatable bonds is 3. The molecule has 4 heteroatoms. The molecular weight excluding hydrogens is 190 g/mol. The lowest BCUT2D eigenvalue weighted by Gasteiger charge is -1.95. The molecule has 1 N–H and O–H groups in total. The van der Waals surface area contributed by atoms with Gasteiger partial charge >= 0.3 is 0 Å². The molecule has 0 atom stereocenters. The van der Waals surface area contributed by atoms with Crippen LogP contribution < -0.4 is 0 Å². The number of aryl methyl sites for hydroxylation is 1. The zero-order chi connectivity index (χ0) is 10.8. The number of aromatic nitrogens is 3. The first-order valence-corrected chi connectivity index (χ1v) is 5.21. The Balaban J connectivity index is 2.37. The van der Waals surface area contributed by atoms with Crippen molar-refractivity contribution in [2.45, 2.75) is 33.1 Å². The number of nitrogens with zero attached hydrogens (tertiary/aromatic N) is 2. The van der Waals surface area contributed by atoms with Gasteiger partial charge in [0.15, 0.2) is 5.82 Å². The molecule has 0 aliphatic heterocycles. The maximum absolute atomic E-state index is 5.34. The highest BCUT2D eigenvalue weighted by Gasteiger charge is 2.13. The van der Waals surface area contributed by atoms with Crippen LogP contribution in [0.15, 0.2) is 16.7 Å². The van der Waals surface area contributed by atoms with Gasteiger partial charge in [0.05, 0.1) is 11.8 Å². The van der Waals surface area contributed by atoms with Crippen LogP contribution in [0.1, 0.15) is 38.3 Å². The summed E-state index contributed by atoms with van der Waals surface area (Å²) >= 11 is 0. The van der Waals surface area contributed by atoms with Gasteiger partial charge in [0.2, 0.25) is 0 Å². The van der Waals surface area contributed by atoms with Crippen molar-refractivity contribution in [2.75, 3.05) is 0 Å². The molecule has 0 fully saturated rings. The fraction of sp³-hybridized carbons (Fsp3) is 0.455. The second-order valence-electron chi connectivity index (χ2n) is 3.81. The van der Waals surface area contributed by atoms with Gasteiger partial charge in [0.25, 0.3) is 0 Å². The Bertz CT molecular complexity index is 442. The Labute approximate surface area is 88.7 Å². The first-order chi connectivity index (χ1) is 7.22. The molecule has 0 spiro atoms. The average Bonchev–Trinajstić information content (AvgIpc) is 2.85. The molecule has 0 aromatic carbocycles. The standard InChI is InChI=1S/C11H15N3O/c1-4-9-8(5-6-15-9)11-12-10(7(2)3)13-14-11/h5-7H,4H2,1-3H3,(H,12,13,14). The van der Waals surface area contributed by atoms with Crippen LogP contribution in [-0.2, 0) is 6.42 Å². The first-order valence-electron chi connectivity index (χ1n) is 5.21. The van der Waals surface area contributed by atoms with E-state index in [1.54, 1.807) is 6.26 Å². The van der Waals surface area contributed by atoms with Crippen LogP contribution in [0.3, 0.4) is 0 Å². The van der Waals surface area contributed by atoms with Gasteiger partial charge in [0.1, 0.15) is 11.6 Å². The van der Waals surface area contributed by atoms with Crippen molar-refractivity contribution in [3.63, 3.8) is 0 Å². The summed E-state index contributed by atoms with van der Waals surface area (Å²) in [6, 6.07) is 1.91. The monoisotopic (exact) mass is 205 g/mol. The molecule has 0 bridgehead atoms. The van der Waals surface area contributed by atoms with Crippen molar-refractivity contribution in [1.29, 1.82) is 0 Å². The summed E-state index contributed by atoms with van der Waals surface area (Å²) in [7, 11) is 0. The van der Waals surface area contributed by atoms with E-state index in [4.69, 9.17) is 4.42 Å². The maximum atomic E-state index is 5.34. The van der Waals surface area contributed by atoms with Crippen LogP contribution in [0.25, 0.3) is 11.4 Å². The van der Waals surface area contributed by atoms with Crippen molar-refractivity contribution in [3.8, 4) is 11.4 Å². The summed E-state index contributed by atoms with van der Waals surface area (Å²) < 4.78 is 5.34. The molecule has 2 rings (SSSR count).